The highest BCUT2D eigenvalue weighted by Gasteiger charge is 2.00. The molecule has 0 bridgehead atoms. The molecule has 11 heavy (non-hydrogen) atoms. The van der Waals surface area contributed by atoms with Gasteiger partial charge in [0.05, 0.1) is 5.52 Å². The van der Waals surface area contributed by atoms with Gasteiger partial charge in [0.15, 0.2) is 0 Å². The highest BCUT2D eigenvalue weighted by molar-refractivity contribution is 7.71. The fourth-order valence-electron chi connectivity index (χ4n) is 1.04. The predicted molar refractivity (Wildman–Crippen MR) is 43.4 cm³/mol. The van der Waals surface area contributed by atoms with E-state index in [0.29, 0.717) is 15.5 Å². The summed E-state index contributed by atoms with van der Waals surface area (Å²) in [5, 5.41) is 0.536. The number of aromatic amines is 2. The van der Waals surface area contributed by atoms with Gasteiger partial charge in [0.2, 0.25) is 0 Å². The molecule has 0 saturated carbocycles. The van der Waals surface area contributed by atoms with E-state index < -0.39 is 0 Å². The second-order valence-corrected chi connectivity index (χ2v) is 2.64. The van der Waals surface area contributed by atoms with Crippen LogP contribution in [0.2, 0.25) is 0 Å². The van der Waals surface area contributed by atoms with Crippen LogP contribution in [0.1, 0.15) is 0 Å². The van der Waals surface area contributed by atoms with Crippen molar-refractivity contribution >= 4 is 23.1 Å². The zero-order valence-electron chi connectivity index (χ0n) is 5.52. The Hall–Kier alpha value is -1.16. The largest absolute Gasteiger partial charge is 0.359 e. The summed E-state index contributed by atoms with van der Waals surface area (Å²) in [5.41, 5.74) is 0.653. The van der Waals surface area contributed by atoms with Gasteiger partial charge in [0, 0.05) is 17.8 Å². The van der Waals surface area contributed by atoms with Crippen LogP contribution in [0, 0.1) is 10.5 Å². The van der Waals surface area contributed by atoms with E-state index in [4.69, 9.17) is 12.2 Å². The Morgan fingerprint density at radius 2 is 2.18 bits per heavy atom. The Kier molecular flexibility index (Phi) is 1.29. The number of hydrogen-bond acceptors (Lipinski definition) is 1. The van der Waals surface area contributed by atoms with Crippen LogP contribution in [0.15, 0.2) is 18.5 Å². The number of H-pyrrole nitrogens is 2. The van der Waals surface area contributed by atoms with Crippen molar-refractivity contribution in [3.05, 3.63) is 28.9 Å². The minimum absolute atomic E-state index is 0.283. The summed E-state index contributed by atoms with van der Waals surface area (Å²) in [6.07, 6.45) is 2.93. The molecule has 2 nitrogen and oxygen atoms in total. The number of fused-ring (bicyclic) bond motifs is 1. The fraction of sp³-hybridized carbons (Fsp3) is 0. The number of aromatic nitrogens is 2. The number of rotatable bonds is 0. The highest BCUT2D eigenvalue weighted by Crippen LogP contribution is 2.14. The lowest BCUT2D eigenvalue weighted by molar-refractivity contribution is 0.634. The van der Waals surface area contributed by atoms with Crippen molar-refractivity contribution in [1.29, 1.82) is 0 Å². The normalized spacial score (nSPS) is 10.6. The third kappa shape index (κ3) is 0.867. The summed E-state index contributed by atoms with van der Waals surface area (Å²) in [5.74, 6) is -0.283. The van der Waals surface area contributed by atoms with Gasteiger partial charge in [-0.2, -0.15) is 0 Å². The maximum atomic E-state index is 12.9. The maximum Gasteiger partial charge on any atom is 0.148 e. The molecule has 2 rings (SSSR count). The standard InChI is InChI=1S/C7H5FN2S/c8-5-3-10-7(11)6-4(5)1-2-9-6/h1-3,9H,(H,10,11). The summed E-state index contributed by atoms with van der Waals surface area (Å²) >= 11 is 4.91. The molecule has 2 N–H and O–H groups in total. The summed E-state index contributed by atoms with van der Waals surface area (Å²) in [6, 6.07) is 1.66. The Morgan fingerprint density at radius 3 is 2.91 bits per heavy atom. The van der Waals surface area contributed by atoms with E-state index in [1.165, 1.54) is 6.20 Å². The number of halogens is 1. The fourth-order valence-corrected chi connectivity index (χ4v) is 1.26. The van der Waals surface area contributed by atoms with Crippen molar-refractivity contribution in [3.63, 3.8) is 0 Å². The Balaban J connectivity index is 3.08. The maximum absolute atomic E-state index is 12.9. The van der Waals surface area contributed by atoms with Gasteiger partial charge < -0.3 is 9.97 Å². The molecule has 0 aromatic carbocycles. The quantitative estimate of drug-likeness (QED) is 0.581. The minimum Gasteiger partial charge on any atom is -0.359 e. The third-order valence-corrected chi connectivity index (χ3v) is 1.88. The lowest BCUT2D eigenvalue weighted by Gasteiger charge is -1.90. The van der Waals surface area contributed by atoms with Crippen LogP contribution in [0.4, 0.5) is 4.39 Å². The first-order chi connectivity index (χ1) is 5.29. The molecule has 0 saturated heterocycles. The molecular formula is C7H5FN2S. The van der Waals surface area contributed by atoms with E-state index in [9.17, 15) is 4.39 Å². The van der Waals surface area contributed by atoms with E-state index >= 15 is 0 Å². The van der Waals surface area contributed by atoms with Crippen LogP contribution in [0.5, 0.6) is 0 Å². The molecule has 2 aromatic rings. The molecule has 0 aliphatic heterocycles. The lowest BCUT2D eigenvalue weighted by atomic mass is 10.3. The molecule has 4 heteroatoms. The average molecular weight is 168 g/mol. The lowest BCUT2D eigenvalue weighted by Crippen LogP contribution is -1.80. The molecule has 0 aliphatic rings. The van der Waals surface area contributed by atoms with E-state index in [1.54, 1.807) is 12.3 Å². The molecule has 56 valence electrons. The molecule has 2 aromatic heterocycles. The Morgan fingerprint density at radius 1 is 1.36 bits per heavy atom. The highest BCUT2D eigenvalue weighted by atomic mass is 32.1. The summed E-state index contributed by atoms with van der Waals surface area (Å²) < 4.78 is 13.4. The summed E-state index contributed by atoms with van der Waals surface area (Å²) in [6.45, 7) is 0. The second-order valence-electron chi connectivity index (χ2n) is 2.23. The van der Waals surface area contributed by atoms with Crippen LogP contribution < -0.4 is 0 Å². The van der Waals surface area contributed by atoms with Crippen molar-refractivity contribution in [1.82, 2.24) is 9.97 Å². The average Bonchev–Trinajstić information content (AvgIpc) is 2.45. The van der Waals surface area contributed by atoms with Crippen LogP contribution in [-0.2, 0) is 0 Å². The van der Waals surface area contributed by atoms with Gasteiger partial charge >= 0.3 is 0 Å². The number of hydrogen-bond donors (Lipinski definition) is 2. The zero-order valence-corrected chi connectivity index (χ0v) is 6.33. The van der Waals surface area contributed by atoms with Crippen molar-refractivity contribution < 1.29 is 4.39 Å². The van der Waals surface area contributed by atoms with Gasteiger partial charge in [0.1, 0.15) is 10.5 Å². The van der Waals surface area contributed by atoms with E-state index in [1.807, 2.05) is 0 Å². The molecule has 0 fully saturated rings. The first-order valence-electron chi connectivity index (χ1n) is 3.13. The molecule has 2 heterocycles. The van der Waals surface area contributed by atoms with Gasteiger partial charge in [-0.15, -0.1) is 0 Å². The molecule has 0 spiro atoms. The Labute approximate surface area is 67.1 Å². The van der Waals surface area contributed by atoms with E-state index in [-0.39, 0.29) is 5.82 Å². The topological polar surface area (TPSA) is 31.6 Å². The zero-order chi connectivity index (χ0) is 7.84. The predicted octanol–water partition coefficient (Wildman–Crippen LogP) is 2.36. The van der Waals surface area contributed by atoms with Crippen LogP contribution in [0.3, 0.4) is 0 Å². The molecule has 0 aliphatic carbocycles. The number of nitrogens with one attached hydrogen (secondary N) is 2. The first kappa shape index (κ1) is 6.54. The van der Waals surface area contributed by atoms with Gasteiger partial charge in [0.25, 0.3) is 0 Å². The molecule has 0 atom stereocenters. The summed E-state index contributed by atoms with van der Waals surface area (Å²) in [4.78, 5) is 5.49. The Bertz CT molecular complexity index is 443. The smallest absolute Gasteiger partial charge is 0.148 e. The molecule has 0 radical (unpaired) electrons. The SMILES string of the molecule is Fc1c[nH]c(=S)c2[nH]ccc12. The van der Waals surface area contributed by atoms with Gasteiger partial charge in [-0.25, -0.2) is 4.39 Å². The minimum atomic E-state index is -0.283. The van der Waals surface area contributed by atoms with Gasteiger partial charge in [-0.05, 0) is 6.07 Å². The number of pyridine rings is 1. The first-order valence-corrected chi connectivity index (χ1v) is 3.54. The second kappa shape index (κ2) is 2.17. The molecular weight excluding hydrogens is 163 g/mol. The summed E-state index contributed by atoms with van der Waals surface area (Å²) in [7, 11) is 0. The van der Waals surface area contributed by atoms with Gasteiger partial charge in [-0.1, -0.05) is 12.2 Å². The van der Waals surface area contributed by atoms with Crippen molar-refractivity contribution in [2.24, 2.45) is 0 Å². The monoisotopic (exact) mass is 168 g/mol. The van der Waals surface area contributed by atoms with Crippen molar-refractivity contribution in [2.45, 2.75) is 0 Å². The van der Waals surface area contributed by atoms with Crippen LogP contribution >= 0.6 is 12.2 Å². The van der Waals surface area contributed by atoms with Crippen LogP contribution in [0.25, 0.3) is 10.9 Å². The van der Waals surface area contributed by atoms with E-state index in [0.717, 1.165) is 0 Å². The van der Waals surface area contributed by atoms with Crippen molar-refractivity contribution in [3.8, 4) is 0 Å². The van der Waals surface area contributed by atoms with Crippen molar-refractivity contribution in [2.75, 3.05) is 0 Å². The molecule has 0 amide bonds. The molecule has 0 unspecified atom stereocenters. The third-order valence-electron chi connectivity index (χ3n) is 1.56. The van der Waals surface area contributed by atoms with E-state index in [2.05, 4.69) is 9.97 Å². The van der Waals surface area contributed by atoms with Crippen LogP contribution in [-0.4, -0.2) is 9.97 Å². The van der Waals surface area contributed by atoms with Gasteiger partial charge in [-0.3, -0.25) is 0 Å².